The molecule has 2 aromatic rings. The number of halogens is 2. The predicted octanol–water partition coefficient (Wildman–Crippen LogP) is 1.45. The summed E-state index contributed by atoms with van der Waals surface area (Å²) in [5.74, 6) is 2.90. The maximum Gasteiger partial charge on any atom is 0.156 e. The molecule has 0 saturated heterocycles. The van der Waals surface area contributed by atoms with E-state index in [1.54, 1.807) is 18.1 Å². The number of anilines is 1. The molecule has 2 aromatic heterocycles. The molecule has 1 fully saturated rings. The molecule has 0 atom stereocenters. The maximum absolute atomic E-state index is 5.89. The van der Waals surface area contributed by atoms with Crippen LogP contribution in [0.2, 0.25) is 0 Å². The van der Waals surface area contributed by atoms with Crippen molar-refractivity contribution in [2.24, 2.45) is 12.8 Å². The molecular weight excluding hydrogens is 365 g/mol. The van der Waals surface area contributed by atoms with Crippen molar-refractivity contribution in [2.75, 3.05) is 19.0 Å². The van der Waals surface area contributed by atoms with Crippen molar-refractivity contribution in [2.45, 2.75) is 37.8 Å². The molecule has 0 bridgehead atoms. The van der Waals surface area contributed by atoms with E-state index in [9.17, 15) is 0 Å². The topological polar surface area (TPSA) is 104 Å². The van der Waals surface area contributed by atoms with E-state index in [4.69, 9.17) is 10.5 Å². The van der Waals surface area contributed by atoms with Crippen LogP contribution < -0.4 is 11.1 Å². The smallest absolute Gasteiger partial charge is 0.156 e. The molecule has 25 heavy (non-hydrogen) atoms. The van der Waals surface area contributed by atoms with E-state index in [0.29, 0.717) is 24.4 Å². The quantitative estimate of drug-likeness (QED) is 0.738. The van der Waals surface area contributed by atoms with Crippen molar-refractivity contribution in [1.82, 2.24) is 24.7 Å². The SMILES string of the molecule is COCc1nc(NCCc2ncnn2C)cc(C2CC(N)C2)n1.Cl.Cl. The van der Waals surface area contributed by atoms with Crippen LogP contribution in [0.1, 0.15) is 36.1 Å². The number of hydrogen-bond donors (Lipinski definition) is 2. The van der Waals surface area contributed by atoms with Gasteiger partial charge in [0.25, 0.3) is 0 Å². The molecule has 140 valence electrons. The second-order valence-corrected chi connectivity index (χ2v) is 5.93. The number of nitrogens with two attached hydrogens (primary N) is 1. The van der Waals surface area contributed by atoms with Gasteiger partial charge in [0.1, 0.15) is 24.6 Å². The average Bonchev–Trinajstić information content (AvgIpc) is 2.90. The molecule has 3 N–H and O–H groups in total. The molecule has 3 rings (SSSR count). The Morgan fingerprint density at radius 2 is 2.08 bits per heavy atom. The lowest BCUT2D eigenvalue weighted by Crippen LogP contribution is -2.35. The molecule has 1 aliphatic rings. The first-order valence-electron chi connectivity index (χ1n) is 7.85. The number of hydrogen-bond acceptors (Lipinski definition) is 7. The van der Waals surface area contributed by atoms with Gasteiger partial charge in [0.15, 0.2) is 5.82 Å². The van der Waals surface area contributed by atoms with Crippen LogP contribution in [0.25, 0.3) is 0 Å². The summed E-state index contributed by atoms with van der Waals surface area (Å²) in [6.07, 6.45) is 4.32. The summed E-state index contributed by atoms with van der Waals surface area (Å²) < 4.78 is 6.95. The highest BCUT2D eigenvalue weighted by Crippen LogP contribution is 2.35. The molecule has 0 aliphatic heterocycles. The van der Waals surface area contributed by atoms with E-state index >= 15 is 0 Å². The minimum atomic E-state index is 0. The highest BCUT2D eigenvalue weighted by Gasteiger charge is 2.29. The van der Waals surface area contributed by atoms with Crippen molar-refractivity contribution in [3.63, 3.8) is 0 Å². The first-order valence-corrected chi connectivity index (χ1v) is 7.85. The fourth-order valence-electron chi connectivity index (χ4n) is 2.76. The van der Waals surface area contributed by atoms with Crippen LogP contribution >= 0.6 is 24.8 Å². The van der Waals surface area contributed by atoms with Gasteiger partial charge in [-0.15, -0.1) is 24.8 Å². The Balaban J connectivity index is 0.00000156. The van der Waals surface area contributed by atoms with E-state index in [2.05, 4.69) is 25.4 Å². The monoisotopic (exact) mass is 389 g/mol. The molecular formula is C15H25Cl2N7O. The fraction of sp³-hybridized carbons (Fsp3) is 0.600. The molecule has 0 amide bonds. The second-order valence-electron chi connectivity index (χ2n) is 5.93. The Morgan fingerprint density at radius 1 is 1.32 bits per heavy atom. The summed E-state index contributed by atoms with van der Waals surface area (Å²) in [7, 11) is 3.54. The largest absolute Gasteiger partial charge is 0.377 e. The van der Waals surface area contributed by atoms with Gasteiger partial charge in [-0.3, -0.25) is 4.68 Å². The van der Waals surface area contributed by atoms with Gasteiger partial charge in [0, 0.05) is 50.8 Å². The van der Waals surface area contributed by atoms with Crippen molar-refractivity contribution in [3.05, 3.63) is 29.7 Å². The molecule has 0 spiro atoms. The van der Waals surface area contributed by atoms with Gasteiger partial charge in [-0.2, -0.15) is 5.10 Å². The zero-order chi connectivity index (χ0) is 16.2. The Bertz CT molecular complexity index is 661. The van der Waals surface area contributed by atoms with Crippen LogP contribution in [0.5, 0.6) is 0 Å². The lowest BCUT2D eigenvalue weighted by atomic mass is 9.78. The zero-order valence-corrected chi connectivity index (χ0v) is 16.0. The summed E-state index contributed by atoms with van der Waals surface area (Å²) in [6, 6.07) is 2.32. The molecule has 8 nitrogen and oxygen atoms in total. The summed E-state index contributed by atoms with van der Waals surface area (Å²) in [4.78, 5) is 13.3. The Morgan fingerprint density at radius 3 is 2.68 bits per heavy atom. The van der Waals surface area contributed by atoms with E-state index < -0.39 is 0 Å². The van der Waals surface area contributed by atoms with Crippen LogP contribution in [0.3, 0.4) is 0 Å². The number of aromatic nitrogens is 5. The summed E-state index contributed by atoms with van der Waals surface area (Å²) in [5, 5.41) is 7.41. The first-order chi connectivity index (χ1) is 11.2. The van der Waals surface area contributed by atoms with Crippen molar-refractivity contribution in [3.8, 4) is 0 Å². The standard InChI is InChI=1S/C15H23N7O.2ClH/c1-22-15(18-9-19-22)3-4-17-13-7-12(10-5-11(16)6-10)20-14(21-13)8-23-2;;/h7,9-11H,3-6,8,16H2,1-2H3,(H,17,20,21);2*1H. The number of ether oxygens (including phenoxy) is 1. The van der Waals surface area contributed by atoms with E-state index in [0.717, 1.165) is 43.1 Å². The molecule has 0 aromatic carbocycles. The average molecular weight is 390 g/mol. The third-order valence-corrected chi connectivity index (χ3v) is 4.12. The summed E-state index contributed by atoms with van der Waals surface area (Å²) >= 11 is 0. The van der Waals surface area contributed by atoms with Crippen molar-refractivity contribution < 1.29 is 4.74 Å². The molecule has 1 saturated carbocycles. The minimum absolute atomic E-state index is 0. The Hall–Kier alpha value is -1.48. The van der Waals surface area contributed by atoms with Crippen LogP contribution in [-0.4, -0.2) is 44.4 Å². The first kappa shape index (κ1) is 21.6. The van der Waals surface area contributed by atoms with Gasteiger partial charge >= 0.3 is 0 Å². The lowest BCUT2D eigenvalue weighted by molar-refractivity contribution is 0.177. The van der Waals surface area contributed by atoms with Gasteiger partial charge < -0.3 is 15.8 Å². The number of nitrogens with zero attached hydrogens (tertiary/aromatic N) is 5. The number of nitrogens with one attached hydrogen (secondary N) is 1. The number of aryl methyl sites for hydroxylation is 1. The Labute approximate surface area is 159 Å². The van der Waals surface area contributed by atoms with Gasteiger partial charge in [-0.1, -0.05) is 0 Å². The molecule has 10 heteroatoms. The highest BCUT2D eigenvalue weighted by atomic mass is 35.5. The van der Waals surface area contributed by atoms with Crippen LogP contribution in [-0.2, 0) is 24.8 Å². The molecule has 1 aliphatic carbocycles. The zero-order valence-electron chi connectivity index (χ0n) is 14.4. The third kappa shape index (κ3) is 5.50. The lowest BCUT2D eigenvalue weighted by Gasteiger charge is -2.32. The van der Waals surface area contributed by atoms with Gasteiger partial charge in [0.2, 0.25) is 0 Å². The fourth-order valence-corrected chi connectivity index (χ4v) is 2.76. The minimum Gasteiger partial charge on any atom is -0.377 e. The Kier molecular flexibility index (Phi) is 8.51. The van der Waals surface area contributed by atoms with E-state index in [1.165, 1.54) is 0 Å². The normalized spacial score (nSPS) is 18.7. The van der Waals surface area contributed by atoms with Crippen LogP contribution in [0.4, 0.5) is 5.82 Å². The number of methoxy groups -OCH3 is 1. The van der Waals surface area contributed by atoms with Crippen LogP contribution in [0.15, 0.2) is 12.4 Å². The van der Waals surface area contributed by atoms with Gasteiger partial charge in [-0.25, -0.2) is 15.0 Å². The van der Waals surface area contributed by atoms with Crippen molar-refractivity contribution >= 4 is 30.6 Å². The second kappa shape index (κ2) is 9.86. The van der Waals surface area contributed by atoms with Crippen LogP contribution in [0, 0.1) is 0 Å². The van der Waals surface area contributed by atoms with Gasteiger partial charge in [-0.05, 0) is 12.8 Å². The van der Waals surface area contributed by atoms with E-state index in [1.807, 2.05) is 13.1 Å². The summed E-state index contributed by atoms with van der Waals surface area (Å²) in [5.41, 5.74) is 6.94. The third-order valence-electron chi connectivity index (χ3n) is 4.12. The molecule has 2 heterocycles. The summed E-state index contributed by atoms with van der Waals surface area (Å²) in [6.45, 7) is 1.14. The highest BCUT2D eigenvalue weighted by molar-refractivity contribution is 5.85. The number of rotatable bonds is 7. The van der Waals surface area contributed by atoms with Gasteiger partial charge in [0.05, 0.1) is 0 Å². The molecule has 0 radical (unpaired) electrons. The van der Waals surface area contributed by atoms with E-state index in [-0.39, 0.29) is 24.8 Å². The molecule has 0 unspecified atom stereocenters. The maximum atomic E-state index is 5.89. The predicted molar refractivity (Wildman–Crippen MR) is 100 cm³/mol. The van der Waals surface area contributed by atoms with Crippen molar-refractivity contribution in [1.29, 1.82) is 0 Å².